The van der Waals surface area contributed by atoms with Gasteiger partial charge < -0.3 is 19.3 Å². The van der Waals surface area contributed by atoms with Gasteiger partial charge in [-0.3, -0.25) is 9.69 Å². The maximum Gasteiger partial charge on any atom is 0.343 e. The van der Waals surface area contributed by atoms with Crippen LogP contribution in [0.2, 0.25) is 0 Å². The van der Waals surface area contributed by atoms with Crippen molar-refractivity contribution in [3.63, 3.8) is 0 Å². The summed E-state index contributed by atoms with van der Waals surface area (Å²) < 4.78 is 16.6. The molecule has 1 aliphatic rings. The standard InChI is InChI=1S/C23H21IN2O7S/c1-4-32-17-10-13(9-16(24)20(17)33-12-19(27)31-3)11-18-21(28)26(2)23(34-18)25-15-7-5-14(6-8-15)22(29)30/h5-11H,4,12H2,1-3H3,(H,29,30)/b18-11-,25-23?. The van der Waals surface area contributed by atoms with Gasteiger partial charge in [0.1, 0.15) is 0 Å². The van der Waals surface area contributed by atoms with E-state index in [-0.39, 0.29) is 18.1 Å². The molecule has 1 amide bonds. The highest BCUT2D eigenvalue weighted by Crippen LogP contribution is 2.37. The lowest BCUT2D eigenvalue weighted by Crippen LogP contribution is -2.23. The topological polar surface area (TPSA) is 115 Å². The number of carboxylic acids is 1. The molecule has 1 aliphatic heterocycles. The van der Waals surface area contributed by atoms with Gasteiger partial charge in [-0.1, -0.05) is 0 Å². The first kappa shape index (κ1) is 25.6. The fourth-order valence-corrected chi connectivity index (χ4v) is 4.62. The number of amidine groups is 1. The zero-order chi connectivity index (χ0) is 24.8. The average molecular weight is 596 g/mol. The third kappa shape index (κ3) is 6.08. The quantitative estimate of drug-likeness (QED) is 0.275. The van der Waals surface area contributed by atoms with E-state index in [9.17, 15) is 14.4 Å². The van der Waals surface area contributed by atoms with Gasteiger partial charge in [-0.15, -0.1) is 0 Å². The van der Waals surface area contributed by atoms with Crippen LogP contribution in [0.25, 0.3) is 6.08 Å². The minimum absolute atomic E-state index is 0.159. The predicted octanol–water partition coefficient (Wildman–Crippen LogP) is 4.17. The van der Waals surface area contributed by atoms with Gasteiger partial charge in [-0.25, -0.2) is 14.6 Å². The van der Waals surface area contributed by atoms with Crippen molar-refractivity contribution in [3.05, 3.63) is 56.0 Å². The largest absolute Gasteiger partial charge is 0.490 e. The number of halogens is 1. The Bertz CT molecular complexity index is 1180. The van der Waals surface area contributed by atoms with Crippen LogP contribution in [-0.4, -0.2) is 60.4 Å². The first-order valence-electron chi connectivity index (χ1n) is 9.99. The van der Waals surface area contributed by atoms with E-state index in [2.05, 4.69) is 32.3 Å². The molecule has 34 heavy (non-hydrogen) atoms. The summed E-state index contributed by atoms with van der Waals surface area (Å²) in [5.74, 6) is -0.879. The third-order valence-electron chi connectivity index (χ3n) is 4.53. The van der Waals surface area contributed by atoms with Gasteiger partial charge in [-0.2, -0.15) is 0 Å². The van der Waals surface area contributed by atoms with Crippen LogP contribution in [0.15, 0.2) is 46.3 Å². The zero-order valence-corrected chi connectivity index (χ0v) is 21.5. The second kappa shape index (κ2) is 11.4. The van der Waals surface area contributed by atoms with E-state index < -0.39 is 11.9 Å². The summed E-state index contributed by atoms with van der Waals surface area (Å²) >= 11 is 3.29. The van der Waals surface area contributed by atoms with Crippen LogP contribution in [0.1, 0.15) is 22.8 Å². The summed E-state index contributed by atoms with van der Waals surface area (Å²) in [5.41, 5.74) is 1.41. The number of aliphatic imine (C=N–C) groups is 1. The molecule has 11 heteroatoms. The Kier molecular flexibility index (Phi) is 8.56. The molecule has 178 valence electrons. The van der Waals surface area contributed by atoms with Crippen molar-refractivity contribution in [2.24, 2.45) is 4.99 Å². The molecule has 2 aromatic rings. The number of nitrogens with zero attached hydrogens (tertiary/aromatic N) is 2. The van der Waals surface area contributed by atoms with Crippen molar-refractivity contribution in [1.29, 1.82) is 0 Å². The molecule has 0 aromatic heterocycles. The highest BCUT2D eigenvalue weighted by molar-refractivity contribution is 14.1. The molecule has 1 fully saturated rings. The van der Waals surface area contributed by atoms with Crippen molar-refractivity contribution in [3.8, 4) is 11.5 Å². The number of likely N-dealkylation sites (N-methyl/N-ethyl adjacent to an activating group) is 1. The van der Waals surface area contributed by atoms with Crippen LogP contribution in [0.3, 0.4) is 0 Å². The van der Waals surface area contributed by atoms with E-state index in [4.69, 9.17) is 14.6 Å². The van der Waals surface area contributed by atoms with E-state index >= 15 is 0 Å². The molecule has 0 bridgehead atoms. The predicted molar refractivity (Wildman–Crippen MR) is 137 cm³/mol. The molecule has 3 rings (SSSR count). The molecular weight excluding hydrogens is 575 g/mol. The van der Waals surface area contributed by atoms with Crippen molar-refractivity contribution in [1.82, 2.24) is 4.90 Å². The summed E-state index contributed by atoms with van der Waals surface area (Å²) in [4.78, 5) is 41.6. The number of carbonyl (C=O) groups is 3. The van der Waals surface area contributed by atoms with Crippen molar-refractivity contribution in [2.45, 2.75) is 6.92 Å². The third-order valence-corrected chi connectivity index (χ3v) is 6.40. The molecule has 9 nitrogen and oxygen atoms in total. The number of rotatable bonds is 8. The number of carboxylic acid groups (broad SMARTS) is 1. The summed E-state index contributed by atoms with van der Waals surface area (Å²) in [5, 5.41) is 9.50. The Hall–Kier alpha value is -3.06. The minimum Gasteiger partial charge on any atom is -0.490 e. The van der Waals surface area contributed by atoms with Crippen LogP contribution in [0.4, 0.5) is 5.69 Å². The number of ether oxygens (including phenoxy) is 3. The average Bonchev–Trinajstić information content (AvgIpc) is 3.06. The molecule has 0 unspecified atom stereocenters. The number of methoxy groups -OCH3 is 1. The van der Waals surface area contributed by atoms with Crippen LogP contribution < -0.4 is 9.47 Å². The Morgan fingerprint density at radius 2 is 1.91 bits per heavy atom. The van der Waals surface area contributed by atoms with Gasteiger partial charge in [0.05, 0.1) is 33.4 Å². The van der Waals surface area contributed by atoms with Gasteiger partial charge in [0.15, 0.2) is 23.3 Å². The number of aromatic carboxylic acids is 1. The molecule has 1 heterocycles. The number of esters is 1. The maximum atomic E-state index is 12.8. The molecule has 0 atom stereocenters. The Morgan fingerprint density at radius 1 is 1.21 bits per heavy atom. The number of hydrogen-bond acceptors (Lipinski definition) is 8. The first-order valence-corrected chi connectivity index (χ1v) is 11.9. The molecule has 1 N–H and O–H groups in total. The van der Waals surface area contributed by atoms with Crippen LogP contribution in [0, 0.1) is 3.57 Å². The summed E-state index contributed by atoms with van der Waals surface area (Å²) in [6.07, 6.45) is 1.73. The molecule has 2 aromatic carbocycles. The van der Waals surface area contributed by atoms with E-state index in [0.717, 1.165) is 5.56 Å². The van der Waals surface area contributed by atoms with Crippen LogP contribution in [-0.2, 0) is 14.3 Å². The Labute approximate surface area is 213 Å². The van der Waals surface area contributed by atoms with Gasteiger partial charge in [0.2, 0.25) is 0 Å². The fourth-order valence-electron chi connectivity index (χ4n) is 2.86. The first-order chi connectivity index (χ1) is 16.2. The molecule has 1 saturated heterocycles. The Morgan fingerprint density at radius 3 is 2.53 bits per heavy atom. The highest BCUT2D eigenvalue weighted by Gasteiger charge is 2.30. The number of hydrogen-bond donors (Lipinski definition) is 1. The van der Waals surface area contributed by atoms with Crippen molar-refractivity contribution >= 4 is 69.1 Å². The van der Waals surface area contributed by atoms with E-state index in [1.165, 1.54) is 35.9 Å². The summed E-state index contributed by atoms with van der Waals surface area (Å²) in [7, 11) is 2.91. The number of amides is 1. The number of benzene rings is 2. The van der Waals surface area contributed by atoms with Crippen LogP contribution in [0.5, 0.6) is 11.5 Å². The van der Waals surface area contributed by atoms with Gasteiger partial charge in [0, 0.05) is 7.05 Å². The Balaban J connectivity index is 1.87. The molecule has 0 saturated carbocycles. The smallest absolute Gasteiger partial charge is 0.343 e. The summed E-state index contributed by atoms with van der Waals surface area (Å²) in [6.45, 7) is 1.97. The molecule has 0 aliphatic carbocycles. The van der Waals surface area contributed by atoms with Gasteiger partial charge in [0.25, 0.3) is 5.91 Å². The van der Waals surface area contributed by atoms with E-state index in [1.54, 1.807) is 31.3 Å². The normalized spacial score (nSPS) is 15.6. The second-order valence-corrected chi connectivity index (χ2v) is 9.02. The fraction of sp³-hybridized carbons (Fsp3) is 0.217. The lowest BCUT2D eigenvalue weighted by Gasteiger charge is -2.14. The molecular formula is C23H21IN2O7S. The monoisotopic (exact) mass is 596 g/mol. The van der Waals surface area contributed by atoms with E-state index in [0.29, 0.717) is 37.4 Å². The second-order valence-electron chi connectivity index (χ2n) is 6.85. The van der Waals surface area contributed by atoms with Crippen molar-refractivity contribution < 1.29 is 33.7 Å². The SMILES string of the molecule is CCOc1cc(/C=C2\SC(=Nc3ccc(C(=O)O)cc3)N(C)C2=O)cc(I)c1OCC(=O)OC. The lowest BCUT2D eigenvalue weighted by molar-refractivity contribution is -0.143. The maximum absolute atomic E-state index is 12.8. The summed E-state index contributed by atoms with van der Waals surface area (Å²) in [6, 6.07) is 9.64. The number of thioether (sulfide) groups is 1. The van der Waals surface area contributed by atoms with Crippen LogP contribution >= 0.6 is 34.4 Å². The lowest BCUT2D eigenvalue weighted by atomic mass is 10.2. The van der Waals surface area contributed by atoms with Gasteiger partial charge in [-0.05, 0) is 89.3 Å². The molecule has 0 spiro atoms. The van der Waals surface area contributed by atoms with Crippen molar-refractivity contribution in [2.75, 3.05) is 27.4 Å². The molecule has 0 radical (unpaired) electrons. The minimum atomic E-state index is -1.02. The van der Waals surface area contributed by atoms with E-state index in [1.807, 2.05) is 13.0 Å². The van der Waals surface area contributed by atoms with Gasteiger partial charge >= 0.3 is 11.9 Å². The zero-order valence-electron chi connectivity index (χ0n) is 18.5. The number of carbonyl (C=O) groups excluding carboxylic acids is 2. The highest BCUT2D eigenvalue weighted by atomic mass is 127.